The molecule has 0 saturated carbocycles. The second-order valence-electron chi connectivity index (χ2n) is 1.58. The van der Waals surface area contributed by atoms with E-state index in [4.69, 9.17) is 5.73 Å². The van der Waals surface area contributed by atoms with Crippen molar-refractivity contribution in [1.29, 1.82) is 0 Å². The first-order valence-electron chi connectivity index (χ1n) is 2.51. The van der Waals surface area contributed by atoms with Crippen LogP contribution in [0.4, 0.5) is 0 Å². The molecule has 0 aliphatic carbocycles. The van der Waals surface area contributed by atoms with Gasteiger partial charge in [0.15, 0.2) is 0 Å². The molecule has 1 amide bonds. The fraction of sp³-hybridized carbons (Fsp3) is 0. The van der Waals surface area contributed by atoms with E-state index in [9.17, 15) is 4.79 Å². The Morgan fingerprint density at radius 3 is 1.25 bits per heavy atom. The molecule has 0 aliphatic rings. The molecule has 134 valence electrons. The van der Waals surface area contributed by atoms with Gasteiger partial charge in [-0.05, 0) is 12.1 Å². The average Bonchev–Trinajstić information content (AvgIpc) is 1.90. The van der Waals surface area contributed by atoms with E-state index in [2.05, 4.69) is 4.98 Å². The largest absolute Gasteiger partial charge is 0.364 e. The highest BCUT2D eigenvalue weighted by Gasteiger charge is 1.95. The molecule has 1 rings (SSSR count). The highest BCUT2D eigenvalue weighted by Crippen LogP contribution is 1.88. The maximum Gasteiger partial charge on any atom is 0.267 e. The van der Waals surface area contributed by atoms with Crippen LogP contribution < -0.4 is 73.4 Å². The molecule has 0 radical (unpaired) electrons. The van der Waals surface area contributed by atoms with Crippen molar-refractivity contribution < 1.29 is 4.79 Å². The summed E-state index contributed by atoms with van der Waals surface area (Å²) >= 11 is 0. The average molecular weight is 309 g/mol. The van der Waals surface area contributed by atoms with Gasteiger partial charge in [0.25, 0.3) is 5.91 Å². The number of pyridine rings is 1. The number of hydrogen-bond acceptors (Lipinski definition) is 13. The smallest absolute Gasteiger partial charge is 0.267 e. The molecule has 14 heteroatoms. The van der Waals surface area contributed by atoms with E-state index in [1.807, 2.05) is 0 Å². The van der Waals surface area contributed by atoms with Crippen molar-refractivity contribution in [2.24, 2.45) is 5.73 Å². The number of carbonyl (C=O) groups is 1. The zero-order valence-electron chi connectivity index (χ0n) is 12.5. The molecule has 1 aromatic rings. The second-order valence-corrected chi connectivity index (χ2v) is 1.58. The molecule has 0 spiro atoms. The van der Waals surface area contributed by atoms with E-state index in [-0.39, 0.29) is 67.7 Å². The Balaban J connectivity index is -0.00000000818. The molecule has 0 bridgehead atoms. The van der Waals surface area contributed by atoms with Gasteiger partial charge < -0.3 is 73.4 Å². The molecular weight excluding hydrogens is 270 g/mol. The number of carbonyl (C=O) groups excluding carboxylic acids is 1. The quantitative estimate of drug-likeness (QED) is 0.352. The molecule has 0 aliphatic heterocycles. The topological polar surface area (TPSA) is 441 Å². The number of hydrogen-bond donors (Lipinski definition) is 12. The maximum atomic E-state index is 10.4. The molecule has 0 aromatic carbocycles. The standard InChI is InChI=1S/C6H6N2O.11H3N/c7-6(9)5-3-1-2-4-8-5;;;;;;;;;;;/h1-4H,(H2,7,9);11*1H3. The summed E-state index contributed by atoms with van der Waals surface area (Å²) in [5.41, 5.74) is 5.22. The number of nitrogens with zero attached hydrogens (tertiary/aromatic N) is 1. The van der Waals surface area contributed by atoms with Crippen LogP contribution in [0.3, 0.4) is 0 Å². The number of rotatable bonds is 1. The summed E-state index contributed by atoms with van der Waals surface area (Å²) in [6.45, 7) is 0. The predicted octanol–water partition coefficient (Wildman–Crippen LogP) is 1.96. The molecule has 20 heavy (non-hydrogen) atoms. The van der Waals surface area contributed by atoms with Gasteiger partial charge in [-0.3, -0.25) is 9.78 Å². The minimum absolute atomic E-state index is 0. The van der Waals surface area contributed by atoms with Crippen LogP contribution in [-0.4, -0.2) is 10.9 Å². The summed E-state index contributed by atoms with van der Waals surface area (Å²) in [6, 6.07) is 5.02. The molecule has 0 saturated heterocycles. The van der Waals surface area contributed by atoms with Crippen LogP contribution in [0.15, 0.2) is 24.4 Å². The summed E-state index contributed by atoms with van der Waals surface area (Å²) in [5.74, 6) is -0.490. The van der Waals surface area contributed by atoms with Crippen molar-refractivity contribution in [2.75, 3.05) is 0 Å². The lowest BCUT2D eigenvalue weighted by Gasteiger charge is -1.88. The van der Waals surface area contributed by atoms with Gasteiger partial charge in [0.05, 0.1) is 0 Å². The highest BCUT2D eigenvalue weighted by atomic mass is 16.1. The van der Waals surface area contributed by atoms with Crippen LogP contribution in [0.1, 0.15) is 10.5 Å². The van der Waals surface area contributed by atoms with E-state index in [1.165, 1.54) is 6.20 Å². The third-order valence-corrected chi connectivity index (χ3v) is 0.917. The molecule has 1 heterocycles. The molecule has 0 atom stereocenters. The van der Waals surface area contributed by atoms with Crippen LogP contribution in [0.2, 0.25) is 0 Å². The van der Waals surface area contributed by atoms with Crippen molar-refractivity contribution >= 4 is 5.91 Å². The van der Waals surface area contributed by atoms with E-state index >= 15 is 0 Å². The fourth-order valence-corrected chi connectivity index (χ4v) is 0.509. The first kappa shape index (κ1) is 104. The van der Waals surface area contributed by atoms with Crippen LogP contribution in [0, 0.1) is 0 Å². The van der Waals surface area contributed by atoms with Crippen molar-refractivity contribution in [3.8, 4) is 0 Å². The minimum Gasteiger partial charge on any atom is -0.364 e. The number of amides is 1. The molecule has 0 unspecified atom stereocenters. The summed E-state index contributed by atoms with van der Waals surface area (Å²) in [6.07, 6.45) is 1.53. The van der Waals surface area contributed by atoms with Gasteiger partial charge in [0.2, 0.25) is 0 Å². The number of nitrogens with two attached hydrogens (primary N) is 1. The van der Waals surface area contributed by atoms with Crippen molar-refractivity contribution in [2.45, 2.75) is 0 Å². The minimum atomic E-state index is -0.490. The molecule has 0 fully saturated rings. The molecule has 1 aromatic heterocycles. The van der Waals surface area contributed by atoms with Crippen molar-refractivity contribution in [1.82, 2.24) is 72.6 Å². The Morgan fingerprint density at radius 2 is 1.10 bits per heavy atom. The van der Waals surface area contributed by atoms with Gasteiger partial charge in [0.1, 0.15) is 5.69 Å². The Kier molecular flexibility index (Phi) is 278. The summed E-state index contributed by atoms with van der Waals surface area (Å²) in [4.78, 5) is 14.1. The lowest BCUT2D eigenvalue weighted by Crippen LogP contribution is -2.12. The summed E-state index contributed by atoms with van der Waals surface area (Å²) < 4.78 is 0. The zero-order chi connectivity index (χ0) is 6.69. The first-order valence-corrected chi connectivity index (χ1v) is 2.51. The van der Waals surface area contributed by atoms with E-state index in [0.29, 0.717) is 5.69 Å². The van der Waals surface area contributed by atoms with Crippen molar-refractivity contribution in [3.63, 3.8) is 0 Å². The monoisotopic (exact) mass is 309 g/mol. The van der Waals surface area contributed by atoms with Gasteiger partial charge >= 0.3 is 0 Å². The predicted molar refractivity (Wildman–Crippen MR) is 88.0 cm³/mol. The van der Waals surface area contributed by atoms with Gasteiger partial charge in [-0.15, -0.1) is 0 Å². The molecule has 14 nitrogen and oxygen atoms in total. The lowest BCUT2D eigenvalue weighted by molar-refractivity contribution is 0.0995. The van der Waals surface area contributed by atoms with E-state index in [0.717, 1.165) is 0 Å². The Hall–Kier alpha value is -1.82. The first-order chi connectivity index (χ1) is 4.30. The Bertz CT molecular complexity index is 219. The van der Waals surface area contributed by atoms with Crippen molar-refractivity contribution in [3.05, 3.63) is 30.1 Å². The third kappa shape index (κ3) is 36.0. The summed E-state index contributed by atoms with van der Waals surface area (Å²) in [5, 5.41) is 0. The van der Waals surface area contributed by atoms with Gasteiger partial charge in [-0.2, -0.15) is 0 Å². The SMILES string of the molecule is N.N.N.N.N.N.N.N.N.N.N.NC(=O)c1ccccn1. The van der Waals surface area contributed by atoms with Gasteiger partial charge in [0, 0.05) is 6.20 Å². The number of primary amides is 1. The Labute approximate surface area is 120 Å². The maximum absolute atomic E-state index is 10.4. The number of aromatic nitrogens is 1. The third-order valence-electron chi connectivity index (χ3n) is 0.917. The van der Waals surface area contributed by atoms with Gasteiger partial charge in [-0.1, -0.05) is 6.07 Å². The fourth-order valence-electron chi connectivity index (χ4n) is 0.509. The second kappa shape index (κ2) is 53.4. The van der Waals surface area contributed by atoms with Crippen LogP contribution in [0.25, 0.3) is 0 Å². The van der Waals surface area contributed by atoms with E-state index in [1.54, 1.807) is 18.2 Å². The molecule has 35 N–H and O–H groups in total. The Morgan fingerprint density at radius 1 is 0.750 bits per heavy atom. The highest BCUT2D eigenvalue weighted by molar-refractivity contribution is 5.90. The van der Waals surface area contributed by atoms with Crippen LogP contribution >= 0.6 is 0 Å². The van der Waals surface area contributed by atoms with Crippen LogP contribution in [0.5, 0.6) is 0 Å². The van der Waals surface area contributed by atoms with Crippen LogP contribution in [-0.2, 0) is 0 Å². The summed E-state index contributed by atoms with van der Waals surface area (Å²) in [7, 11) is 0. The normalized spacial score (nSPS) is 4.00. The molecular formula is C6H39N13O. The lowest BCUT2D eigenvalue weighted by atomic mass is 10.3. The zero-order valence-corrected chi connectivity index (χ0v) is 12.5. The van der Waals surface area contributed by atoms with Gasteiger partial charge in [-0.25, -0.2) is 0 Å². The van der Waals surface area contributed by atoms with E-state index < -0.39 is 5.91 Å².